The lowest BCUT2D eigenvalue weighted by atomic mass is 9.99. The van der Waals surface area contributed by atoms with Gasteiger partial charge in [-0.1, -0.05) is 6.42 Å². The van der Waals surface area contributed by atoms with E-state index in [1.54, 1.807) is 6.07 Å². The summed E-state index contributed by atoms with van der Waals surface area (Å²) in [5.74, 6) is 0.717. The first kappa shape index (κ1) is 16.7. The van der Waals surface area contributed by atoms with Crippen LogP contribution in [0.3, 0.4) is 0 Å². The third-order valence-corrected chi connectivity index (χ3v) is 4.98. The molecule has 0 amide bonds. The normalized spacial score (nSPS) is 24.7. The molecule has 4 rings (SSSR count). The van der Waals surface area contributed by atoms with Crippen molar-refractivity contribution in [2.45, 2.75) is 44.7 Å². The number of ether oxygens (including phenoxy) is 4. The molecule has 0 aromatic heterocycles. The van der Waals surface area contributed by atoms with Gasteiger partial charge in [0.15, 0.2) is 13.1 Å². The van der Waals surface area contributed by atoms with E-state index in [2.05, 4.69) is 4.90 Å². The fourth-order valence-corrected chi connectivity index (χ4v) is 3.84. The Morgan fingerprint density at radius 3 is 2.88 bits per heavy atom. The van der Waals surface area contributed by atoms with E-state index in [4.69, 9.17) is 18.9 Å². The Labute approximate surface area is 145 Å². The molecule has 8 nitrogen and oxygen atoms in total. The Kier molecular flexibility index (Phi) is 4.85. The Morgan fingerprint density at radius 2 is 2.08 bits per heavy atom. The van der Waals surface area contributed by atoms with Gasteiger partial charge in [0.25, 0.3) is 5.69 Å². The highest BCUT2D eigenvalue weighted by Gasteiger charge is 2.34. The number of fused-ring (bicyclic) bond motifs is 1. The van der Waals surface area contributed by atoms with Crippen LogP contribution in [0.1, 0.15) is 30.4 Å². The van der Waals surface area contributed by atoms with Crippen molar-refractivity contribution in [2.75, 3.05) is 26.6 Å². The smallest absolute Gasteiger partial charge is 0.270 e. The largest absolute Gasteiger partial charge is 0.467 e. The molecule has 2 saturated heterocycles. The Bertz CT molecular complexity index is 646. The van der Waals surface area contributed by atoms with E-state index in [0.29, 0.717) is 26.4 Å². The van der Waals surface area contributed by atoms with Crippen LogP contribution < -0.4 is 4.74 Å². The average Bonchev–Trinajstić information content (AvgIpc) is 3.16. The number of hydrogen-bond acceptors (Lipinski definition) is 7. The third-order valence-electron chi connectivity index (χ3n) is 4.98. The third kappa shape index (κ3) is 3.48. The molecule has 3 aliphatic heterocycles. The predicted octanol–water partition coefficient (Wildman–Crippen LogP) is 2.19. The van der Waals surface area contributed by atoms with Crippen LogP contribution in [-0.4, -0.2) is 48.7 Å². The Hall–Kier alpha value is -1.74. The van der Waals surface area contributed by atoms with Crippen LogP contribution in [-0.2, 0) is 27.4 Å². The number of nitrogens with zero attached hydrogens (tertiary/aromatic N) is 2. The molecule has 0 saturated carbocycles. The van der Waals surface area contributed by atoms with E-state index < -0.39 is 0 Å². The van der Waals surface area contributed by atoms with Crippen LogP contribution in [0.25, 0.3) is 0 Å². The molecule has 1 atom stereocenters. The molecule has 0 aliphatic carbocycles. The summed E-state index contributed by atoms with van der Waals surface area (Å²) in [4.78, 5) is 13.2. The van der Waals surface area contributed by atoms with Crippen LogP contribution in [0.5, 0.6) is 5.75 Å². The summed E-state index contributed by atoms with van der Waals surface area (Å²) in [5, 5.41) is 11.3. The van der Waals surface area contributed by atoms with Crippen molar-refractivity contribution in [1.29, 1.82) is 0 Å². The highest BCUT2D eigenvalue weighted by atomic mass is 16.7. The number of rotatable bonds is 4. The first-order chi connectivity index (χ1) is 12.2. The molecule has 2 fully saturated rings. The molecule has 25 heavy (non-hydrogen) atoms. The quantitative estimate of drug-likeness (QED) is 0.608. The molecule has 0 spiro atoms. The topological polar surface area (TPSA) is 83.3 Å². The van der Waals surface area contributed by atoms with Crippen LogP contribution >= 0.6 is 0 Å². The van der Waals surface area contributed by atoms with Gasteiger partial charge in [0.05, 0.1) is 30.8 Å². The van der Waals surface area contributed by atoms with E-state index in [0.717, 1.165) is 42.7 Å². The second kappa shape index (κ2) is 7.25. The summed E-state index contributed by atoms with van der Waals surface area (Å²) in [5.41, 5.74) is 1.64. The molecule has 1 aromatic carbocycles. The minimum Gasteiger partial charge on any atom is -0.467 e. The highest BCUT2D eigenvalue weighted by Crippen LogP contribution is 2.35. The minimum absolute atomic E-state index is 0.0739. The standard InChI is InChI=1S/C17H22N2O6/c20-19(21)14-7-12(16-13(8-14)10-22-11-25-16)9-18-4-2-1-3-15(18)17-23-5-6-24-17/h7-8,15,17H,1-6,9-11H2. The van der Waals surface area contributed by atoms with Crippen LogP contribution in [0.4, 0.5) is 5.69 Å². The molecule has 8 heteroatoms. The minimum atomic E-state index is -0.366. The van der Waals surface area contributed by atoms with Crippen molar-refractivity contribution in [2.24, 2.45) is 0 Å². The van der Waals surface area contributed by atoms with Gasteiger partial charge in [0, 0.05) is 29.8 Å². The number of likely N-dealkylation sites (tertiary alicyclic amines) is 1. The summed E-state index contributed by atoms with van der Waals surface area (Å²) in [6.45, 7) is 3.27. The fourth-order valence-electron chi connectivity index (χ4n) is 3.84. The molecule has 1 aromatic rings. The van der Waals surface area contributed by atoms with Gasteiger partial charge in [0.2, 0.25) is 0 Å². The second-order valence-corrected chi connectivity index (χ2v) is 6.60. The van der Waals surface area contributed by atoms with E-state index >= 15 is 0 Å². The zero-order valence-corrected chi connectivity index (χ0v) is 14.0. The van der Waals surface area contributed by atoms with Gasteiger partial charge in [-0.3, -0.25) is 15.0 Å². The lowest BCUT2D eigenvalue weighted by Gasteiger charge is -2.38. The van der Waals surface area contributed by atoms with E-state index in [9.17, 15) is 10.1 Å². The molecular formula is C17H22N2O6. The number of nitro groups is 1. The number of piperidine rings is 1. The second-order valence-electron chi connectivity index (χ2n) is 6.60. The van der Waals surface area contributed by atoms with Crippen molar-refractivity contribution in [1.82, 2.24) is 4.90 Å². The lowest BCUT2D eigenvalue weighted by Crippen LogP contribution is -2.46. The van der Waals surface area contributed by atoms with Gasteiger partial charge >= 0.3 is 0 Å². The molecule has 3 aliphatic rings. The van der Waals surface area contributed by atoms with E-state index in [-0.39, 0.29) is 29.7 Å². The molecule has 0 N–H and O–H groups in total. The van der Waals surface area contributed by atoms with Crippen molar-refractivity contribution < 1.29 is 23.9 Å². The summed E-state index contributed by atoms with van der Waals surface area (Å²) < 4.78 is 22.4. The van der Waals surface area contributed by atoms with Crippen LogP contribution in [0.15, 0.2) is 12.1 Å². The van der Waals surface area contributed by atoms with E-state index in [1.807, 2.05) is 0 Å². The SMILES string of the molecule is O=[N+]([O-])c1cc2c(c(CN3CCCCC3C3OCCO3)c1)OCOC2. The van der Waals surface area contributed by atoms with Crippen molar-refractivity contribution >= 4 is 5.69 Å². The van der Waals surface area contributed by atoms with Crippen LogP contribution in [0.2, 0.25) is 0 Å². The van der Waals surface area contributed by atoms with Gasteiger partial charge in [-0.15, -0.1) is 0 Å². The van der Waals surface area contributed by atoms with Crippen molar-refractivity contribution in [3.63, 3.8) is 0 Å². The molecule has 0 bridgehead atoms. The Morgan fingerprint density at radius 1 is 1.24 bits per heavy atom. The number of nitro benzene ring substituents is 1. The van der Waals surface area contributed by atoms with E-state index in [1.165, 1.54) is 6.07 Å². The number of hydrogen-bond donors (Lipinski definition) is 0. The first-order valence-corrected chi connectivity index (χ1v) is 8.70. The molecule has 0 radical (unpaired) electrons. The van der Waals surface area contributed by atoms with Gasteiger partial charge in [0.1, 0.15) is 5.75 Å². The van der Waals surface area contributed by atoms with Gasteiger partial charge in [-0.2, -0.15) is 0 Å². The van der Waals surface area contributed by atoms with Gasteiger partial charge < -0.3 is 18.9 Å². The zero-order valence-electron chi connectivity index (χ0n) is 14.0. The molecule has 136 valence electrons. The summed E-state index contributed by atoms with van der Waals surface area (Å²) in [6, 6.07) is 3.33. The monoisotopic (exact) mass is 350 g/mol. The van der Waals surface area contributed by atoms with Crippen molar-refractivity contribution in [3.8, 4) is 5.75 Å². The maximum absolute atomic E-state index is 11.3. The van der Waals surface area contributed by atoms with Gasteiger partial charge in [-0.25, -0.2) is 0 Å². The molecular weight excluding hydrogens is 328 g/mol. The van der Waals surface area contributed by atoms with Crippen molar-refractivity contribution in [3.05, 3.63) is 33.4 Å². The summed E-state index contributed by atoms with van der Waals surface area (Å²) in [7, 11) is 0. The first-order valence-electron chi connectivity index (χ1n) is 8.70. The maximum Gasteiger partial charge on any atom is 0.270 e. The fraction of sp³-hybridized carbons (Fsp3) is 0.647. The summed E-state index contributed by atoms with van der Waals surface area (Å²) >= 11 is 0. The zero-order chi connectivity index (χ0) is 17.2. The molecule has 3 heterocycles. The van der Waals surface area contributed by atoms with Gasteiger partial charge in [-0.05, 0) is 19.4 Å². The number of benzene rings is 1. The summed E-state index contributed by atoms with van der Waals surface area (Å²) in [6.07, 6.45) is 3.04. The van der Waals surface area contributed by atoms with Crippen LogP contribution in [0, 0.1) is 10.1 Å². The Balaban J connectivity index is 1.61. The predicted molar refractivity (Wildman–Crippen MR) is 87.1 cm³/mol. The number of non-ortho nitro benzene ring substituents is 1. The highest BCUT2D eigenvalue weighted by molar-refractivity contribution is 5.50. The maximum atomic E-state index is 11.3. The lowest BCUT2D eigenvalue weighted by molar-refractivity contribution is -0.385. The average molecular weight is 350 g/mol. The molecule has 1 unspecified atom stereocenters.